The molecular weight excluding hydrogens is 296 g/mol. The molecule has 3 rings (SSSR count). The van der Waals surface area contributed by atoms with Crippen LogP contribution in [-0.2, 0) is 23.9 Å². The molecule has 23 heavy (non-hydrogen) atoms. The Morgan fingerprint density at radius 1 is 1.09 bits per heavy atom. The van der Waals surface area contributed by atoms with Gasteiger partial charge in [-0.1, -0.05) is 6.92 Å². The molecule has 0 radical (unpaired) electrons. The topological polar surface area (TPSA) is 69.7 Å². The summed E-state index contributed by atoms with van der Waals surface area (Å²) in [5.41, 5.74) is 0.293. The predicted molar refractivity (Wildman–Crippen MR) is 81.9 cm³/mol. The van der Waals surface area contributed by atoms with E-state index in [-0.39, 0.29) is 35.3 Å². The molecule has 0 aromatic rings. The third-order valence-electron chi connectivity index (χ3n) is 4.26. The zero-order valence-electron chi connectivity index (χ0n) is 13.4. The molecular formula is C18H22O5. The van der Waals surface area contributed by atoms with Crippen molar-refractivity contribution in [3.05, 3.63) is 23.2 Å². The van der Waals surface area contributed by atoms with E-state index in [0.29, 0.717) is 37.0 Å². The van der Waals surface area contributed by atoms with Gasteiger partial charge in [-0.05, 0) is 44.6 Å². The minimum absolute atomic E-state index is 0.0339. The van der Waals surface area contributed by atoms with Crippen molar-refractivity contribution >= 4 is 17.7 Å². The highest BCUT2D eigenvalue weighted by Crippen LogP contribution is 2.36. The minimum atomic E-state index is -0.288. The van der Waals surface area contributed by atoms with E-state index in [1.165, 1.54) is 0 Å². The average molecular weight is 318 g/mol. The fourth-order valence-corrected chi connectivity index (χ4v) is 2.61. The van der Waals surface area contributed by atoms with Crippen molar-refractivity contribution in [1.29, 1.82) is 0 Å². The molecule has 0 atom stereocenters. The number of ketones is 1. The van der Waals surface area contributed by atoms with Gasteiger partial charge in [-0.2, -0.15) is 0 Å². The van der Waals surface area contributed by atoms with Gasteiger partial charge in [0, 0.05) is 12.8 Å². The van der Waals surface area contributed by atoms with E-state index in [4.69, 9.17) is 9.47 Å². The lowest BCUT2D eigenvalue weighted by molar-refractivity contribution is -0.141. The second kappa shape index (κ2) is 6.69. The van der Waals surface area contributed by atoms with Gasteiger partial charge in [0.1, 0.15) is 11.5 Å². The molecule has 0 heterocycles. The van der Waals surface area contributed by atoms with E-state index in [1.807, 2.05) is 6.92 Å². The first-order valence-corrected chi connectivity index (χ1v) is 8.50. The van der Waals surface area contributed by atoms with Gasteiger partial charge in [-0.15, -0.1) is 0 Å². The summed E-state index contributed by atoms with van der Waals surface area (Å²) >= 11 is 0. The van der Waals surface area contributed by atoms with E-state index in [2.05, 4.69) is 0 Å². The summed E-state index contributed by atoms with van der Waals surface area (Å²) in [4.78, 5) is 36.3. The van der Waals surface area contributed by atoms with Crippen LogP contribution in [0.1, 0.15) is 58.3 Å². The van der Waals surface area contributed by atoms with Crippen molar-refractivity contribution < 1.29 is 23.9 Å². The van der Waals surface area contributed by atoms with E-state index in [1.54, 1.807) is 6.08 Å². The molecule has 0 bridgehead atoms. The maximum Gasteiger partial charge on any atom is 0.314 e. The Morgan fingerprint density at radius 2 is 1.74 bits per heavy atom. The van der Waals surface area contributed by atoms with Crippen LogP contribution in [0, 0.1) is 11.8 Å². The number of carbonyl (C=O) groups excluding carboxylic acids is 3. The summed E-state index contributed by atoms with van der Waals surface area (Å²) in [6.07, 6.45) is 7.32. The number of allylic oxidation sites excluding steroid dienone is 3. The van der Waals surface area contributed by atoms with Crippen LogP contribution in [0.5, 0.6) is 0 Å². The number of esters is 2. The first-order chi connectivity index (χ1) is 11.1. The third-order valence-corrected chi connectivity index (χ3v) is 4.26. The molecule has 0 N–H and O–H groups in total. The van der Waals surface area contributed by atoms with Crippen molar-refractivity contribution in [2.45, 2.75) is 58.3 Å². The monoisotopic (exact) mass is 318 g/mol. The second-order valence-corrected chi connectivity index (χ2v) is 6.44. The molecule has 3 aliphatic carbocycles. The van der Waals surface area contributed by atoms with E-state index < -0.39 is 0 Å². The Morgan fingerprint density at radius 3 is 2.35 bits per heavy atom. The smallest absolute Gasteiger partial charge is 0.314 e. The Labute approximate surface area is 135 Å². The summed E-state index contributed by atoms with van der Waals surface area (Å²) in [6.45, 7) is 1.91. The standard InChI is InChI=1S/C18H22O5/c1-2-4-14(22-17(20)11-7-8-11)16-13(19)5-3-6-15(16)23-18(21)12-9-10-12/h4,11-12H,2-3,5-10H2,1H3/b14-4-. The van der Waals surface area contributed by atoms with Crippen LogP contribution in [0.25, 0.3) is 0 Å². The van der Waals surface area contributed by atoms with Crippen LogP contribution >= 0.6 is 0 Å². The van der Waals surface area contributed by atoms with Crippen molar-refractivity contribution in [2.75, 3.05) is 0 Å². The molecule has 0 aromatic heterocycles. The largest absolute Gasteiger partial charge is 0.430 e. The number of Topliss-reactive ketones (excluding diaryl/α,β-unsaturated/α-hetero) is 1. The van der Waals surface area contributed by atoms with Crippen molar-refractivity contribution in [2.24, 2.45) is 11.8 Å². The SMILES string of the molecule is CC/C=C(\OC(=O)C1CC1)C1=C(OC(=O)C2CC2)CCCC1=O. The highest BCUT2D eigenvalue weighted by molar-refractivity contribution is 6.01. The third kappa shape index (κ3) is 3.89. The predicted octanol–water partition coefficient (Wildman–Crippen LogP) is 3.19. The van der Waals surface area contributed by atoms with Crippen LogP contribution in [-0.4, -0.2) is 17.7 Å². The van der Waals surface area contributed by atoms with Crippen LogP contribution in [0.4, 0.5) is 0 Å². The van der Waals surface area contributed by atoms with Crippen LogP contribution in [0.2, 0.25) is 0 Å². The molecule has 124 valence electrons. The minimum Gasteiger partial charge on any atom is -0.430 e. The number of carbonyl (C=O) groups is 3. The Kier molecular flexibility index (Phi) is 4.64. The van der Waals surface area contributed by atoms with Crippen LogP contribution in [0.15, 0.2) is 23.2 Å². The van der Waals surface area contributed by atoms with E-state index in [9.17, 15) is 14.4 Å². The number of hydrogen-bond acceptors (Lipinski definition) is 5. The van der Waals surface area contributed by atoms with Gasteiger partial charge in [-0.25, -0.2) is 0 Å². The highest BCUT2D eigenvalue weighted by atomic mass is 16.6. The second-order valence-electron chi connectivity index (χ2n) is 6.44. The van der Waals surface area contributed by atoms with Gasteiger partial charge >= 0.3 is 11.9 Å². The first-order valence-electron chi connectivity index (χ1n) is 8.50. The molecule has 3 aliphatic rings. The molecule has 0 amide bonds. The van der Waals surface area contributed by atoms with Gasteiger partial charge in [0.05, 0.1) is 17.4 Å². The van der Waals surface area contributed by atoms with Crippen molar-refractivity contribution in [3.63, 3.8) is 0 Å². The number of rotatable bonds is 6. The molecule has 5 nitrogen and oxygen atoms in total. The maximum absolute atomic E-state index is 12.4. The quantitative estimate of drug-likeness (QED) is 0.555. The molecule has 0 spiro atoms. The van der Waals surface area contributed by atoms with E-state index >= 15 is 0 Å². The van der Waals surface area contributed by atoms with Crippen molar-refractivity contribution in [1.82, 2.24) is 0 Å². The van der Waals surface area contributed by atoms with Gasteiger partial charge < -0.3 is 9.47 Å². The Balaban J connectivity index is 1.85. The van der Waals surface area contributed by atoms with Gasteiger partial charge in [0.25, 0.3) is 0 Å². The zero-order valence-corrected chi connectivity index (χ0v) is 13.4. The Bertz CT molecular complexity index is 591. The maximum atomic E-state index is 12.4. The van der Waals surface area contributed by atoms with Gasteiger partial charge in [-0.3, -0.25) is 14.4 Å². The molecule has 2 saturated carbocycles. The van der Waals surface area contributed by atoms with Crippen LogP contribution < -0.4 is 0 Å². The van der Waals surface area contributed by atoms with Crippen molar-refractivity contribution in [3.8, 4) is 0 Å². The molecule has 0 aliphatic heterocycles. The summed E-state index contributed by atoms with van der Waals surface area (Å²) in [5.74, 6) is -0.104. The summed E-state index contributed by atoms with van der Waals surface area (Å²) in [7, 11) is 0. The summed E-state index contributed by atoms with van der Waals surface area (Å²) < 4.78 is 10.9. The fourth-order valence-electron chi connectivity index (χ4n) is 2.61. The highest BCUT2D eigenvalue weighted by Gasteiger charge is 2.36. The molecule has 5 heteroatoms. The fraction of sp³-hybridized carbons (Fsp3) is 0.611. The summed E-state index contributed by atoms with van der Waals surface area (Å²) in [5, 5.41) is 0. The molecule has 2 fully saturated rings. The number of ether oxygens (including phenoxy) is 2. The molecule has 0 saturated heterocycles. The molecule has 0 aromatic carbocycles. The Hall–Kier alpha value is -1.91. The lowest BCUT2D eigenvalue weighted by Gasteiger charge is -2.20. The number of hydrogen-bond donors (Lipinski definition) is 0. The lowest BCUT2D eigenvalue weighted by Crippen LogP contribution is -2.20. The normalized spacial score (nSPS) is 22.1. The first kappa shape index (κ1) is 16.0. The van der Waals surface area contributed by atoms with Crippen LogP contribution in [0.3, 0.4) is 0 Å². The zero-order chi connectivity index (χ0) is 16.4. The molecule has 0 unspecified atom stereocenters. The summed E-state index contributed by atoms with van der Waals surface area (Å²) in [6, 6.07) is 0. The average Bonchev–Trinajstić information content (AvgIpc) is 3.40. The van der Waals surface area contributed by atoms with Gasteiger partial charge in [0.2, 0.25) is 0 Å². The van der Waals surface area contributed by atoms with Gasteiger partial charge in [0.15, 0.2) is 5.78 Å². The van der Waals surface area contributed by atoms with E-state index in [0.717, 1.165) is 25.7 Å². The lowest BCUT2D eigenvalue weighted by atomic mass is 9.94.